The van der Waals surface area contributed by atoms with E-state index in [0.29, 0.717) is 12.1 Å². The Balaban J connectivity index is 2.06. The smallest absolute Gasteiger partial charge is 0.251 e. The minimum absolute atomic E-state index is 0.0741. The topological polar surface area (TPSA) is 92.3 Å². The summed E-state index contributed by atoms with van der Waals surface area (Å²) >= 11 is 5.88. The molecule has 0 saturated carbocycles. The molecular weight excluding hydrogens is 376 g/mol. The van der Waals surface area contributed by atoms with Gasteiger partial charge >= 0.3 is 0 Å². The Hall–Kier alpha value is -2.38. The normalized spacial score (nSPS) is 11.0. The minimum atomic E-state index is -3.52. The van der Waals surface area contributed by atoms with Crippen molar-refractivity contribution in [2.24, 2.45) is 0 Å². The fourth-order valence-electron chi connectivity index (χ4n) is 2.25. The van der Waals surface area contributed by atoms with E-state index in [-0.39, 0.29) is 27.9 Å². The molecule has 0 fully saturated rings. The highest BCUT2D eigenvalue weighted by Gasteiger charge is 2.15. The van der Waals surface area contributed by atoms with E-state index < -0.39 is 15.7 Å². The first-order valence-corrected chi connectivity index (χ1v) is 10.1. The van der Waals surface area contributed by atoms with E-state index in [2.05, 4.69) is 10.6 Å². The molecule has 0 heterocycles. The molecule has 0 saturated heterocycles. The molecule has 138 valence electrons. The zero-order valence-electron chi connectivity index (χ0n) is 14.4. The van der Waals surface area contributed by atoms with Crippen LogP contribution in [-0.4, -0.2) is 33.0 Å². The van der Waals surface area contributed by atoms with Crippen LogP contribution in [0.2, 0.25) is 5.02 Å². The molecule has 0 aromatic heterocycles. The van der Waals surface area contributed by atoms with Gasteiger partial charge in [-0.15, -0.1) is 0 Å². The fourth-order valence-corrected chi connectivity index (χ4v) is 3.55. The Labute approximate surface area is 157 Å². The Kier molecular flexibility index (Phi) is 6.39. The highest BCUT2D eigenvalue weighted by atomic mass is 35.5. The molecule has 0 aliphatic heterocycles. The fraction of sp³-hybridized carbons (Fsp3) is 0.222. The van der Waals surface area contributed by atoms with E-state index in [1.165, 1.54) is 18.2 Å². The molecular formula is C18H19ClN2O4S. The summed E-state index contributed by atoms with van der Waals surface area (Å²) in [6, 6.07) is 10.9. The van der Waals surface area contributed by atoms with E-state index in [1.807, 2.05) is 6.92 Å². The number of halogens is 1. The van der Waals surface area contributed by atoms with Gasteiger partial charge in [-0.2, -0.15) is 0 Å². The molecule has 8 heteroatoms. The van der Waals surface area contributed by atoms with Crippen molar-refractivity contribution in [1.82, 2.24) is 10.6 Å². The van der Waals surface area contributed by atoms with Crippen molar-refractivity contribution in [2.45, 2.75) is 18.4 Å². The second-order valence-electron chi connectivity index (χ2n) is 5.66. The number of benzene rings is 2. The zero-order valence-corrected chi connectivity index (χ0v) is 15.9. The van der Waals surface area contributed by atoms with Gasteiger partial charge in [0.1, 0.15) is 0 Å². The first-order valence-electron chi connectivity index (χ1n) is 7.87. The van der Waals surface area contributed by atoms with Gasteiger partial charge in [0.2, 0.25) is 0 Å². The van der Waals surface area contributed by atoms with Gasteiger partial charge in [0, 0.05) is 30.5 Å². The van der Waals surface area contributed by atoms with Crippen LogP contribution in [-0.2, 0) is 16.4 Å². The predicted molar refractivity (Wildman–Crippen MR) is 100 cm³/mol. The first-order chi connectivity index (χ1) is 12.2. The molecule has 26 heavy (non-hydrogen) atoms. The summed E-state index contributed by atoms with van der Waals surface area (Å²) in [7, 11) is -3.52. The summed E-state index contributed by atoms with van der Waals surface area (Å²) in [5.41, 5.74) is 1.55. The predicted octanol–water partition coefficient (Wildman–Crippen LogP) is 2.42. The maximum atomic E-state index is 12.3. The summed E-state index contributed by atoms with van der Waals surface area (Å²) < 4.78 is 23.4. The molecule has 6 nitrogen and oxygen atoms in total. The zero-order chi connectivity index (χ0) is 19.3. The van der Waals surface area contributed by atoms with Crippen molar-refractivity contribution in [1.29, 1.82) is 0 Å². The van der Waals surface area contributed by atoms with Crippen molar-refractivity contribution in [3.63, 3.8) is 0 Å². The highest BCUT2D eigenvalue weighted by molar-refractivity contribution is 7.90. The van der Waals surface area contributed by atoms with Crippen LogP contribution >= 0.6 is 11.6 Å². The van der Waals surface area contributed by atoms with E-state index in [1.54, 1.807) is 24.3 Å². The highest BCUT2D eigenvalue weighted by Crippen LogP contribution is 2.22. The molecule has 0 aliphatic carbocycles. The summed E-state index contributed by atoms with van der Waals surface area (Å²) in [5, 5.41) is 5.49. The first kappa shape index (κ1) is 19.9. The molecule has 2 aromatic carbocycles. The molecule has 2 amide bonds. The molecule has 0 spiro atoms. The van der Waals surface area contributed by atoms with Crippen molar-refractivity contribution < 1.29 is 18.0 Å². The van der Waals surface area contributed by atoms with Gasteiger partial charge in [0.05, 0.1) is 9.92 Å². The summed E-state index contributed by atoms with van der Waals surface area (Å²) in [4.78, 5) is 23.9. The number of carbonyl (C=O) groups is 2. The lowest BCUT2D eigenvalue weighted by Gasteiger charge is -2.08. The van der Waals surface area contributed by atoms with Crippen LogP contribution < -0.4 is 10.6 Å². The van der Waals surface area contributed by atoms with Crippen molar-refractivity contribution in [2.75, 3.05) is 12.8 Å². The summed E-state index contributed by atoms with van der Waals surface area (Å²) in [5.74, 6) is -0.572. The maximum absolute atomic E-state index is 12.3. The third kappa shape index (κ3) is 5.06. The van der Waals surface area contributed by atoms with E-state index >= 15 is 0 Å². The molecule has 0 unspecified atom stereocenters. The number of amides is 2. The lowest BCUT2D eigenvalue weighted by atomic mass is 10.1. The number of rotatable bonds is 6. The Morgan fingerprint density at radius 1 is 0.962 bits per heavy atom. The van der Waals surface area contributed by atoms with Gasteiger partial charge in [-0.1, -0.05) is 23.7 Å². The number of hydrogen-bond donors (Lipinski definition) is 2. The van der Waals surface area contributed by atoms with Crippen molar-refractivity contribution in [3.05, 3.63) is 64.2 Å². The van der Waals surface area contributed by atoms with Crippen LogP contribution in [0.25, 0.3) is 0 Å². The van der Waals surface area contributed by atoms with Crippen LogP contribution in [0.5, 0.6) is 0 Å². The molecule has 0 atom stereocenters. The number of carbonyl (C=O) groups excluding carboxylic acids is 2. The van der Waals surface area contributed by atoms with Gasteiger partial charge in [0.25, 0.3) is 11.8 Å². The van der Waals surface area contributed by atoms with E-state index in [0.717, 1.165) is 11.8 Å². The largest absolute Gasteiger partial charge is 0.352 e. The van der Waals surface area contributed by atoms with Crippen LogP contribution in [0.4, 0.5) is 0 Å². The average molecular weight is 395 g/mol. The Morgan fingerprint density at radius 3 is 2.12 bits per heavy atom. The van der Waals surface area contributed by atoms with Crippen LogP contribution in [0.15, 0.2) is 47.4 Å². The molecule has 0 radical (unpaired) electrons. The third-order valence-electron chi connectivity index (χ3n) is 3.60. The quantitative estimate of drug-likeness (QED) is 0.786. The standard InChI is InChI=1S/C18H19ClN2O4S/c1-3-20-17(22)13-6-4-12(5-7-13)11-21-18(23)14-8-9-15(19)16(10-14)26(2,24)25/h4-10H,3,11H2,1-2H3,(H,20,22)(H,21,23). The van der Waals surface area contributed by atoms with Crippen LogP contribution in [0, 0.1) is 0 Å². The van der Waals surface area contributed by atoms with Crippen LogP contribution in [0.3, 0.4) is 0 Å². The molecule has 2 N–H and O–H groups in total. The van der Waals surface area contributed by atoms with E-state index in [9.17, 15) is 18.0 Å². The van der Waals surface area contributed by atoms with Crippen molar-refractivity contribution >= 4 is 33.3 Å². The number of hydrogen-bond acceptors (Lipinski definition) is 4. The lowest BCUT2D eigenvalue weighted by Crippen LogP contribution is -2.24. The van der Waals surface area contributed by atoms with E-state index in [4.69, 9.17) is 11.6 Å². The van der Waals surface area contributed by atoms with Gasteiger partial charge in [-0.05, 0) is 42.8 Å². The van der Waals surface area contributed by atoms with Crippen LogP contribution in [0.1, 0.15) is 33.2 Å². The second-order valence-corrected chi connectivity index (χ2v) is 8.05. The lowest BCUT2D eigenvalue weighted by molar-refractivity contribution is 0.0943. The molecule has 0 bridgehead atoms. The molecule has 2 aromatic rings. The van der Waals surface area contributed by atoms with Gasteiger partial charge in [-0.3, -0.25) is 9.59 Å². The average Bonchev–Trinajstić information content (AvgIpc) is 2.59. The Morgan fingerprint density at radius 2 is 1.54 bits per heavy atom. The van der Waals surface area contributed by atoms with Crippen molar-refractivity contribution in [3.8, 4) is 0 Å². The SMILES string of the molecule is CCNC(=O)c1ccc(CNC(=O)c2ccc(Cl)c(S(C)(=O)=O)c2)cc1. The Bertz CT molecular complexity index is 925. The third-order valence-corrected chi connectivity index (χ3v) is 5.18. The maximum Gasteiger partial charge on any atom is 0.251 e. The van der Waals surface area contributed by atoms with Gasteiger partial charge < -0.3 is 10.6 Å². The summed E-state index contributed by atoms with van der Waals surface area (Å²) in [6.07, 6.45) is 1.03. The second kappa shape index (κ2) is 8.33. The van der Waals surface area contributed by atoms with Gasteiger partial charge in [-0.25, -0.2) is 8.42 Å². The minimum Gasteiger partial charge on any atom is -0.352 e. The van der Waals surface area contributed by atoms with Gasteiger partial charge in [0.15, 0.2) is 9.84 Å². The number of sulfone groups is 1. The molecule has 0 aliphatic rings. The monoisotopic (exact) mass is 394 g/mol. The molecule has 2 rings (SSSR count). The number of nitrogens with one attached hydrogen (secondary N) is 2. The summed E-state index contributed by atoms with van der Waals surface area (Å²) in [6.45, 7) is 2.63.